The lowest BCUT2D eigenvalue weighted by Crippen LogP contribution is -2.70. The number of aliphatic carboxylic acids is 1. The number of carbonyl (C=O) groups is 5. The molecule has 9 N–H and O–H groups in total. The number of nitrogens with zero attached hydrogens (tertiary/aromatic N) is 1. The van der Waals surface area contributed by atoms with Gasteiger partial charge in [0.25, 0.3) is 5.91 Å². The number of carboxylic acids is 1. The molecule has 0 aromatic rings. The van der Waals surface area contributed by atoms with Crippen molar-refractivity contribution in [3.63, 3.8) is 0 Å². The van der Waals surface area contributed by atoms with Gasteiger partial charge in [-0.05, 0) is 65.3 Å². The van der Waals surface area contributed by atoms with Crippen LogP contribution >= 0.6 is 23.5 Å². The van der Waals surface area contributed by atoms with Crippen molar-refractivity contribution in [3.8, 4) is 0 Å². The van der Waals surface area contributed by atoms with E-state index in [-0.39, 0.29) is 47.3 Å². The minimum Gasteiger partial charge on any atom is -0.480 e. The largest absolute Gasteiger partial charge is 0.480 e. The highest BCUT2D eigenvalue weighted by Crippen LogP contribution is 2.50. The summed E-state index contributed by atoms with van der Waals surface area (Å²) in [6.45, 7) is 5.56. The molecule has 0 radical (unpaired) electrons. The van der Waals surface area contributed by atoms with Crippen LogP contribution in [0.4, 0.5) is 4.79 Å². The number of hydrazine groups is 1. The molecular formula is C29H50N8O6S2. The second-order valence-corrected chi connectivity index (χ2v) is 15.9. The van der Waals surface area contributed by atoms with Crippen molar-refractivity contribution in [2.75, 3.05) is 25.4 Å². The SMILES string of the molecule is CC1(C)S[C@@H]2[C@H](NCCCCCNNC(=O)C(N)CCCCNC(=O)CCCC[C@@H]3SC[C@@H]4NC(=O)N[C@@H]43)C(=O)N2[C@H]1C(=O)O. The number of amides is 5. The van der Waals surface area contributed by atoms with E-state index in [1.165, 1.54) is 16.7 Å². The van der Waals surface area contributed by atoms with Crippen LogP contribution in [0.3, 0.4) is 0 Å². The Balaban J connectivity index is 0.925. The Morgan fingerprint density at radius 2 is 1.80 bits per heavy atom. The zero-order chi connectivity index (χ0) is 32.6. The van der Waals surface area contributed by atoms with E-state index >= 15 is 0 Å². The smallest absolute Gasteiger partial charge is 0.327 e. The van der Waals surface area contributed by atoms with Crippen molar-refractivity contribution < 1.29 is 29.1 Å². The Hall–Kier alpha value is -2.27. The molecule has 0 aromatic carbocycles. The molecule has 0 aromatic heterocycles. The Bertz CT molecular complexity index is 1080. The lowest BCUT2D eigenvalue weighted by molar-refractivity contribution is -0.160. The van der Waals surface area contributed by atoms with Gasteiger partial charge in [-0.1, -0.05) is 12.8 Å². The maximum atomic E-state index is 12.5. The van der Waals surface area contributed by atoms with E-state index in [0.717, 1.165) is 57.1 Å². The molecule has 1 unspecified atom stereocenters. The summed E-state index contributed by atoms with van der Waals surface area (Å²) in [4.78, 5) is 61.5. The van der Waals surface area contributed by atoms with E-state index in [9.17, 15) is 29.1 Å². The topological polar surface area (TPSA) is 207 Å². The quantitative estimate of drug-likeness (QED) is 0.0381. The van der Waals surface area contributed by atoms with Crippen LogP contribution in [0.25, 0.3) is 0 Å². The third-order valence-corrected chi connectivity index (χ3v) is 12.0. The number of urea groups is 1. The summed E-state index contributed by atoms with van der Waals surface area (Å²) in [6, 6.07) is -1.39. The van der Waals surface area contributed by atoms with Gasteiger partial charge in [0.15, 0.2) is 0 Å². The van der Waals surface area contributed by atoms with E-state index < -0.39 is 22.8 Å². The maximum Gasteiger partial charge on any atom is 0.327 e. The molecule has 4 heterocycles. The van der Waals surface area contributed by atoms with Gasteiger partial charge in [-0.15, -0.1) is 11.8 Å². The van der Waals surface area contributed by atoms with Crippen LogP contribution in [0.2, 0.25) is 0 Å². The van der Waals surface area contributed by atoms with E-state index in [1.807, 2.05) is 25.6 Å². The Morgan fingerprint density at radius 1 is 1.04 bits per heavy atom. The average molecular weight is 671 g/mol. The fourth-order valence-electron chi connectivity index (χ4n) is 6.43. The third kappa shape index (κ3) is 9.40. The lowest BCUT2D eigenvalue weighted by atomic mass is 9.96. The van der Waals surface area contributed by atoms with Crippen molar-refractivity contribution >= 4 is 53.2 Å². The van der Waals surface area contributed by atoms with E-state index in [4.69, 9.17) is 5.73 Å². The molecule has 16 heteroatoms. The number of thioether (sulfide) groups is 2. The minimum atomic E-state index is -0.959. The van der Waals surface area contributed by atoms with Crippen LogP contribution in [0.1, 0.15) is 78.1 Å². The highest BCUT2D eigenvalue weighted by Gasteiger charge is 2.63. The zero-order valence-electron chi connectivity index (χ0n) is 26.3. The first-order chi connectivity index (χ1) is 21.5. The van der Waals surface area contributed by atoms with Gasteiger partial charge >= 0.3 is 12.0 Å². The first-order valence-corrected chi connectivity index (χ1v) is 18.1. The summed E-state index contributed by atoms with van der Waals surface area (Å²) in [5.41, 5.74) is 11.6. The van der Waals surface area contributed by atoms with Crippen LogP contribution < -0.4 is 37.9 Å². The number of hydrogen-bond donors (Lipinski definition) is 8. The number of nitrogens with two attached hydrogens (primary N) is 1. The molecule has 14 nitrogen and oxygen atoms in total. The second kappa shape index (κ2) is 16.5. The highest BCUT2D eigenvalue weighted by atomic mass is 32.2. The summed E-state index contributed by atoms with van der Waals surface area (Å²) in [7, 11) is 0. The van der Waals surface area contributed by atoms with Crippen molar-refractivity contribution in [2.24, 2.45) is 5.73 Å². The number of hydrogen-bond acceptors (Lipinski definition) is 10. The van der Waals surface area contributed by atoms with Gasteiger partial charge in [-0.25, -0.2) is 15.0 Å². The number of unbranched alkanes of at least 4 members (excludes halogenated alkanes) is 4. The van der Waals surface area contributed by atoms with Gasteiger partial charge in [0.05, 0.1) is 18.1 Å². The number of nitrogens with one attached hydrogen (secondary N) is 6. The molecule has 0 saturated carbocycles. The van der Waals surface area contributed by atoms with E-state index in [0.29, 0.717) is 37.7 Å². The van der Waals surface area contributed by atoms with Gasteiger partial charge in [-0.2, -0.15) is 11.8 Å². The summed E-state index contributed by atoms with van der Waals surface area (Å²) < 4.78 is -0.519. The molecule has 4 aliphatic heterocycles. The zero-order valence-corrected chi connectivity index (χ0v) is 27.9. The van der Waals surface area contributed by atoms with Crippen molar-refractivity contribution in [2.45, 2.75) is 124 Å². The van der Waals surface area contributed by atoms with Crippen molar-refractivity contribution in [3.05, 3.63) is 0 Å². The molecule has 254 valence electrons. The Morgan fingerprint density at radius 3 is 2.58 bits per heavy atom. The molecule has 7 atom stereocenters. The first kappa shape index (κ1) is 35.6. The number of β-lactam (4-membered cyclic amide) rings is 1. The number of carboxylic acid groups (broad SMARTS) is 1. The average Bonchev–Trinajstić information content (AvgIpc) is 3.62. The highest BCUT2D eigenvalue weighted by molar-refractivity contribution is 8.01. The summed E-state index contributed by atoms with van der Waals surface area (Å²) in [6.07, 6.45) is 7.88. The molecule has 4 saturated heterocycles. The summed E-state index contributed by atoms with van der Waals surface area (Å²) in [5.74, 6) is -0.376. The van der Waals surface area contributed by atoms with Crippen LogP contribution in [0.15, 0.2) is 0 Å². The van der Waals surface area contributed by atoms with Gasteiger partial charge in [0, 0.05) is 35.3 Å². The Kier molecular flexibility index (Phi) is 13.1. The van der Waals surface area contributed by atoms with Gasteiger partial charge in [0.2, 0.25) is 11.8 Å². The van der Waals surface area contributed by atoms with Gasteiger partial charge in [-0.3, -0.25) is 19.8 Å². The molecule has 5 amide bonds. The fraction of sp³-hybridized carbons (Fsp3) is 0.828. The molecule has 45 heavy (non-hydrogen) atoms. The van der Waals surface area contributed by atoms with Gasteiger partial charge in [0.1, 0.15) is 17.5 Å². The molecular weight excluding hydrogens is 621 g/mol. The molecule has 0 spiro atoms. The summed E-state index contributed by atoms with van der Waals surface area (Å²) in [5, 5.41) is 22.0. The molecule has 4 rings (SSSR count). The number of rotatable bonds is 20. The summed E-state index contributed by atoms with van der Waals surface area (Å²) >= 11 is 3.43. The fourth-order valence-corrected chi connectivity index (χ4v) is 9.62. The van der Waals surface area contributed by atoms with Crippen LogP contribution in [0.5, 0.6) is 0 Å². The lowest BCUT2D eigenvalue weighted by Gasteiger charge is -2.43. The first-order valence-electron chi connectivity index (χ1n) is 16.2. The molecule has 0 aliphatic carbocycles. The normalized spacial score (nSPS) is 28.5. The van der Waals surface area contributed by atoms with E-state index in [2.05, 4.69) is 32.1 Å². The number of fused-ring (bicyclic) bond motifs is 2. The number of carbonyl (C=O) groups excluding carboxylic acids is 4. The van der Waals surface area contributed by atoms with Crippen molar-refractivity contribution in [1.82, 2.24) is 37.0 Å². The van der Waals surface area contributed by atoms with Crippen molar-refractivity contribution in [1.29, 1.82) is 0 Å². The molecule has 4 fully saturated rings. The monoisotopic (exact) mass is 670 g/mol. The predicted molar refractivity (Wildman–Crippen MR) is 174 cm³/mol. The molecule has 4 aliphatic rings. The standard InChI is InChI=1S/C29H50N8O6S2/c1-29(2)23(27(41)42)37-25(40)22(26(37)45-29)32-14-7-3-8-15-33-36-24(39)17(30)10-6-9-13-31-20(38)12-5-4-11-19-21-18(16-44-19)34-28(43)35-21/h17-19,21-23,26,32-33H,3-16,30H2,1-2H3,(H,31,38)(H,36,39)(H,41,42)(H2,34,35,43)/t17?,18-,19-,21-,22+,23-,26+/m0/s1. The predicted octanol–water partition coefficient (Wildman–Crippen LogP) is 0.222. The molecule has 0 bridgehead atoms. The Labute approximate surface area is 273 Å². The van der Waals surface area contributed by atoms with Crippen LogP contribution in [0, 0.1) is 0 Å². The second-order valence-electron chi connectivity index (χ2n) is 12.8. The van der Waals surface area contributed by atoms with E-state index in [1.54, 1.807) is 0 Å². The maximum absolute atomic E-state index is 12.5. The minimum absolute atomic E-state index is 0.0405. The van der Waals surface area contributed by atoms with Crippen LogP contribution in [-0.4, -0.2) is 111 Å². The van der Waals surface area contributed by atoms with Crippen LogP contribution in [-0.2, 0) is 19.2 Å². The van der Waals surface area contributed by atoms with Gasteiger partial charge < -0.3 is 37.0 Å². The third-order valence-electron chi connectivity index (χ3n) is 8.91.